The molecule has 1 rings (SSSR count). The summed E-state index contributed by atoms with van der Waals surface area (Å²) in [6.45, 7) is 6.99. The van der Waals surface area contributed by atoms with Gasteiger partial charge in [-0.1, -0.05) is 13.0 Å². The topological polar surface area (TPSA) is 33.0 Å². The third-order valence-electron chi connectivity index (χ3n) is 2.63. The van der Waals surface area contributed by atoms with Crippen molar-refractivity contribution in [3.63, 3.8) is 0 Å². The van der Waals surface area contributed by atoms with Crippen molar-refractivity contribution in [2.45, 2.75) is 27.2 Å². The predicted molar refractivity (Wildman–Crippen MR) is 73.3 cm³/mol. The lowest BCUT2D eigenvalue weighted by atomic mass is 9.98. The molecular formula is C14H19NOS. The van der Waals surface area contributed by atoms with Crippen molar-refractivity contribution < 1.29 is 4.74 Å². The highest BCUT2D eigenvalue weighted by atomic mass is 32.2. The summed E-state index contributed by atoms with van der Waals surface area (Å²) in [7, 11) is 0. The Labute approximate surface area is 108 Å². The van der Waals surface area contributed by atoms with Gasteiger partial charge in [0.1, 0.15) is 11.2 Å². The molecule has 0 fully saturated rings. The van der Waals surface area contributed by atoms with Crippen LogP contribution in [0.15, 0.2) is 18.2 Å². The van der Waals surface area contributed by atoms with E-state index in [1.54, 1.807) is 0 Å². The molecule has 0 aliphatic carbocycles. The van der Waals surface area contributed by atoms with Gasteiger partial charge in [-0.25, -0.2) is 0 Å². The number of benzene rings is 1. The van der Waals surface area contributed by atoms with Crippen molar-refractivity contribution in [1.29, 1.82) is 5.26 Å². The van der Waals surface area contributed by atoms with E-state index in [2.05, 4.69) is 31.4 Å². The van der Waals surface area contributed by atoms with Crippen molar-refractivity contribution >= 4 is 11.8 Å². The summed E-state index contributed by atoms with van der Waals surface area (Å²) in [5.74, 6) is 2.35. The van der Waals surface area contributed by atoms with Gasteiger partial charge in [0.2, 0.25) is 0 Å². The fourth-order valence-electron chi connectivity index (χ4n) is 1.77. The SMILES string of the molecule is CCOc1ccc(CC(C)CSC#N)c(C)c1. The van der Waals surface area contributed by atoms with Crippen LogP contribution in [-0.2, 0) is 6.42 Å². The van der Waals surface area contributed by atoms with Gasteiger partial charge < -0.3 is 4.74 Å². The molecule has 92 valence electrons. The number of ether oxygens (including phenoxy) is 1. The lowest BCUT2D eigenvalue weighted by Crippen LogP contribution is -2.04. The average Bonchev–Trinajstić information content (AvgIpc) is 2.30. The molecule has 0 saturated heterocycles. The first-order valence-electron chi connectivity index (χ1n) is 5.90. The Hall–Kier alpha value is -1.14. The van der Waals surface area contributed by atoms with Crippen LogP contribution < -0.4 is 4.74 Å². The van der Waals surface area contributed by atoms with E-state index < -0.39 is 0 Å². The molecule has 17 heavy (non-hydrogen) atoms. The van der Waals surface area contributed by atoms with Crippen molar-refractivity contribution in [3.8, 4) is 11.2 Å². The maximum absolute atomic E-state index is 8.53. The zero-order chi connectivity index (χ0) is 12.7. The van der Waals surface area contributed by atoms with Crippen molar-refractivity contribution in [3.05, 3.63) is 29.3 Å². The summed E-state index contributed by atoms with van der Waals surface area (Å²) in [5, 5.41) is 10.6. The zero-order valence-corrected chi connectivity index (χ0v) is 11.5. The van der Waals surface area contributed by atoms with Crippen LogP contribution in [0.1, 0.15) is 25.0 Å². The van der Waals surface area contributed by atoms with Crippen molar-refractivity contribution in [2.24, 2.45) is 5.92 Å². The summed E-state index contributed by atoms with van der Waals surface area (Å²) in [4.78, 5) is 0. The smallest absolute Gasteiger partial charge is 0.133 e. The van der Waals surface area contributed by atoms with E-state index in [1.165, 1.54) is 22.9 Å². The standard InChI is InChI=1S/C14H19NOS/c1-4-16-14-6-5-13(12(3)8-14)7-11(2)9-17-10-15/h5-6,8,11H,4,7,9H2,1-3H3. The van der Waals surface area contributed by atoms with E-state index in [9.17, 15) is 0 Å². The quantitative estimate of drug-likeness (QED) is 0.719. The van der Waals surface area contributed by atoms with Crippen molar-refractivity contribution in [2.75, 3.05) is 12.4 Å². The summed E-state index contributed by atoms with van der Waals surface area (Å²) >= 11 is 1.33. The van der Waals surface area contributed by atoms with Gasteiger partial charge in [0.25, 0.3) is 0 Å². The molecular weight excluding hydrogens is 230 g/mol. The summed E-state index contributed by atoms with van der Waals surface area (Å²) in [5.41, 5.74) is 2.62. The van der Waals surface area contributed by atoms with Crippen LogP contribution in [0.25, 0.3) is 0 Å². The van der Waals surface area contributed by atoms with Crippen LogP contribution in [-0.4, -0.2) is 12.4 Å². The molecule has 0 saturated carbocycles. The molecule has 0 aliphatic rings. The van der Waals surface area contributed by atoms with Gasteiger partial charge in [-0.05, 0) is 61.2 Å². The number of hydrogen-bond acceptors (Lipinski definition) is 3. The number of hydrogen-bond donors (Lipinski definition) is 0. The van der Waals surface area contributed by atoms with E-state index in [-0.39, 0.29) is 0 Å². The second-order valence-corrected chi connectivity index (χ2v) is 5.04. The van der Waals surface area contributed by atoms with E-state index in [0.29, 0.717) is 12.5 Å². The Morgan fingerprint density at radius 1 is 1.47 bits per heavy atom. The number of thioether (sulfide) groups is 1. The Morgan fingerprint density at radius 2 is 2.24 bits per heavy atom. The van der Waals surface area contributed by atoms with Crippen LogP contribution in [0.5, 0.6) is 5.75 Å². The van der Waals surface area contributed by atoms with Gasteiger partial charge in [0.05, 0.1) is 6.61 Å². The maximum atomic E-state index is 8.53. The van der Waals surface area contributed by atoms with Crippen LogP contribution in [0.4, 0.5) is 0 Å². The molecule has 0 N–H and O–H groups in total. The molecule has 1 aromatic carbocycles. The van der Waals surface area contributed by atoms with Gasteiger partial charge in [-0.3, -0.25) is 0 Å². The van der Waals surface area contributed by atoms with Gasteiger partial charge in [0, 0.05) is 5.75 Å². The molecule has 1 aromatic rings. The van der Waals surface area contributed by atoms with Gasteiger partial charge in [0.15, 0.2) is 0 Å². The van der Waals surface area contributed by atoms with Crippen LogP contribution >= 0.6 is 11.8 Å². The highest BCUT2D eigenvalue weighted by Crippen LogP contribution is 2.21. The molecule has 0 aromatic heterocycles. The molecule has 0 radical (unpaired) electrons. The Bertz CT molecular complexity index is 398. The average molecular weight is 249 g/mol. The normalized spacial score (nSPS) is 11.9. The molecule has 1 atom stereocenters. The largest absolute Gasteiger partial charge is 0.494 e. The molecule has 3 heteroatoms. The second-order valence-electron chi connectivity index (χ2n) is 4.23. The second kappa shape index (κ2) is 7.24. The highest BCUT2D eigenvalue weighted by molar-refractivity contribution is 8.03. The number of rotatable bonds is 6. The lowest BCUT2D eigenvalue weighted by molar-refractivity contribution is 0.340. The monoisotopic (exact) mass is 249 g/mol. The molecule has 0 aliphatic heterocycles. The molecule has 0 amide bonds. The minimum absolute atomic E-state index is 0.524. The first-order chi connectivity index (χ1) is 8.17. The number of aryl methyl sites for hydroxylation is 1. The van der Waals surface area contributed by atoms with Crippen LogP contribution in [0.3, 0.4) is 0 Å². The fourth-order valence-corrected chi connectivity index (χ4v) is 2.24. The summed E-state index contributed by atoms with van der Waals surface area (Å²) in [6, 6.07) is 6.24. The predicted octanol–water partition coefficient (Wildman–Crippen LogP) is 3.79. The van der Waals surface area contributed by atoms with E-state index in [1.807, 2.05) is 13.0 Å². The molecule has 0 spiro atoms. The molecule has 0 heterocycles. The third-order valence-corrected chi connectivity index (χ3v) is 3.49. The number of thiocyanates is 1. The number of nitriles is 1. The van der Waals surface area contributed by atoms with E-state index in [4.69, 9.17) is 10.00 Å². The Balaban J connectivity index is 2.63. The van der Waals surface area contributed by atoms with E-state index >= 15 is 0 Å². The Kier molecular flexibility index (Phi) is 5.93. The minimum Gasteiger partial charge on any atom is -0.494 e. The number of nitrogens with zero attached hydrogens (tertiary/aromatic N) is 1. The van der Waals surface area contributed by atoms with Crippen LogP contribution in [0, 0.1) is 23.5 Å². The van der Waals surface area contributed by atoms with E-state index in [0.717, 1.165) is 17.9 Å². The first-order valence-corrected chi connectivity index (χ1v) is 6.89. The summed E-state index contributed by atoms with van der Waals surface area (Å²) in [6.07, 6.45) is 1.02. The van der Waals surface area contributed by atoms with Gasteiger partial charge in [-0.2, -0.15) is 5.26 Å². The molecule has 1 unspecified atom stereocenters. The lowest BCUT2D eigenvalue weighted by Gasteiger charge is -2.12. The maximum Gasteiger partial charge on any atom is 0.133 e. The highest BCUT2D eigenvalue weighted by Gasteiger charge is 2.07. The first kappa shape index (κ1) is 13.9. The van der Waals surface area contributed by atoms with Crippen molar-refractivity contribution in [1.82, 2.24) is 0 Å². The molecule has 0 bridgehead atoms. The minimum atomic E-state index is 0.524. The molecule has 2 nitrogen and oxygen atoms in total. The van der Waals surface area contributed by atoms with Gasteiger partial charge in [-0.15, -0.1) is 0 Å². The summed E-state index contributed by atoms with van der Waals surface area (Å²) < 4.78 is 5.46. The Morgan fingerprint density at radius 3 is 2.82 bits per heavy atom. The zero-order valence-electron chi connectivity index (χ0n) is 10.7. The van der Waals surface area contributed by atoms with Gasteiger partial charge >= 0.3 is 0 Å². The third kappa shape index (κ3) is 4.70. The fraction of sp³-hybridized carbons (Fsp3) is 0.500. The van der Waals surface area contributed by atoms with Crippen LogP contribution in [0.2, 0.25) is 0 Å².